The van der Waals surface area contributed by atoms with Crippen LogP contribution in [0.2, 0.25) is 0 Å². The fourth-order valence-corrected chi connectivity index (χ4v) is 1.97. The minimum Gasteiger partial charge on any atom is -0.423 e. The fourth-order valence-electron chi connectivity index (χ4n) is 1.97. The van der Waals surface area contributed by atoms with Gasteiger partial charge in [-0.2, -0.15) is 0 Å². The molecule has 0 radical (unpaired) electrons. The van der Waals surface area contributed by atoms with E-state index in [1.54, 1.807) is 36.4 Å². The van der Waals surface area contributed by atoms with Crippen molar-refractivity contribution in [2.45, 2.75) is 26.2 Å². The maximum absolute atomic E-state index is 12.0. The molecule has 0 bridgehead atoms. The van der Waals surface area contributed by atoms with Crippen LogP contribution in [0.1, 0.15) is 46.0 Å². The van der Waals surface area contributed by atoms with Crippen LogP contribution >= 0.6 is 0 Å². The van der Waals surface area contributed by atoms with Gasteiger partial charge < -0.3 is 4.74 Å². The van der Waals surface area contributed by atoms with Crippen molar-refractivity contribution in [3.8, 4) is 5.75 Å². The Morgan fingerprint density at radius 2 is 1.71 bits per heavy atom. The number of benzene rings is 2. The van der Waals surface area contributed by atoms with Crippen LogP contribution in [-0.2, 0) is 6.42 Å². The van der Waals surface area contributed by atoms with Crippen LogP contribution < -0.4 is 4.74 Å². The molecule has 0 spiro atoms. The van der Waals surface area contributed by atoms with Crippen molar-refractivity contribution in [1.29, 1.82) is 0 Å². The first kappa shape index (κ1) is 15.0. The lowest BCUT2D eigenvalue weighted by Crippen LogP contribution is -2.08. The molecule has 0 amide bonds. The molecule has 0 N–H and O–H groups in total. The van der Waals surface area contributed by atoms with Gasteiger partial charge in [0.05, 0.1) is 5.56 Å². The number of carbonyl (C=O) groups is 2. The first-order valence-electron chi connectivity index (χ1n) is 7.09. The Hall–Kier alpha value is -2.42. The fraction of sp³-hybridized carbons (Fsp3) is 0.222. The monoisotopic (exact) mass is 282 g/mol. The van der Waals surface area contributed by atoms with E-state index in [9.17, 15) is 9.59 Å². The number of aryl methyl sites for hydroxylation is 1. The number of esters is 1. The summed E-state index contributed by atoms with van der Waals surface area (Å²) in [5.74, 6) is 0.0385. The van der Waals surface area contributed by atoms with E-state index in [0.29, 0.717) is 16.9 Å². The molecular weight excluding hydrogens is 264 g/mol. The number of ether oxygens (including phenoxy) is 1. The number of unbranched alkanes of at least 4 members (excludes halogenated alkanes) is 1. The molecule has 0 unspecified atom stereocenters. The molecule has 3 heteroatoms. The van der Waals surface area contributed by atoms with Gasteiger partial charge in [0.25, 0.3) is 0 Å². The van der Waals surface area contributed by atoms with Gasteiger partial charge in [0.2, 0.25) is 0 Å². The summed E-state index contributed by atoms with van der Waals surface area (Å²) in [6.45, 7) is 2.15. The Morgan fingerprint density at radius 3 is 2.29 bits per heavy atom. The summed E-state index contributed by atoms with van der Waals surface area (Å²) in [5, 5.41) is 0. The summed E-state index contributed by atoms with van der Waals surface area (Å²) in [7, 11) is 0. The van der Waals surface area contributed by atoms with Crippen molar-refractivity contribution in [3.63, 3.8) is 0 Å². The van der Waals surface area contributed by atoms with Gasteiger partial charge in [0, 0.05) is 5.56 Å². The highest BCUT2D eigenvalue weighted by atomic mass is 16.5. The average Bonchev–Trinajstić information content (AvgIpc) is 2.54. The van der Waals surface area contributed by atoms with E-state index in [2.05, 4.69) is 6.92 Å². The summed E-state index contributed by atoms with van der Waals surface area (Å²) in [5.41, 5.74) is 2.30. The molecule has 0 aliphatic rings. The van der Waals surface area contributed by atoms with Crippen LogP contribution in [-0.4, -0.2) is 12.3 Å². The number of hydrogen-bond donors (Lipinski definition) is 0. The SMILES string of the molecule is CCCCc1ccc(C(=O)Oc2ccc(C=O)cc2)cc1. The molecule has 2 aromatic carbocycles. The molecule has 21 heavy (non-hydrogen) atoms. The smallest absolute Gasteiger partial charge is 0.343 e. The number of rotatable bonds is 6. The number of carbonyl (C=O) groups excluding carboxylic acids is 2. The summed E-state index contributed by atoms with van der Waals surface area (Å²) in [6, 6.07) is 13.9. The normalized spacial score (nSPS) is 10.1. The first-order chi connectivity index (χ1) is 10.2. The summed E-state index contributed by atoms with van der Waals surface area (Å²) < 4.78 is 5.27. The van der Waals surface area contributed by atoms with Gasteiger partial charge in [-0.05, 0) is 54.8 Å². The summed E-state index contributed by atoms with van der Waals surface area (Å²) in [6.07, 6.45) is 4.08. The summed E-state index contributed by atoms with van der Waals surface area (Å²) in [4.78, 5) is 22.6. The molecule has 0 saturated heterocycles. The largest absolute Gasteiger partial charge is 0.423 e. The van der Waals surface area contributed by atoms with Crippen LogP contribution in [0.4, 0.5) is 0 Å². The van der Waals surface area contributed by atoms with Gasteiger partial charge in [0.15, 0.2) is 0 Å². The van der Waals surface area contributed by atoms with Crippen molar-refractivity contribution < 1.29 is 14.3 Å². The van der Waals surface area contributed by atoms with E-state index < -0.39 is 5.97 Å². The lowest BCUT2D eigenvalue weighted by Gasteiger charge is -2.05. The second kappa shape index (κ2) is 7.39. The predicted molar refractivity (Wildman–Crippen MR) is 81.8 cm³/mol. The minimum absolute atomic E-state index is 0.393. The van der Waals surface area contributed by atoms with Crippen molar-refractivity contribution in [2.24, 2.45) is 0 Å². The zero-order valence-corrected chi connectivity index (χ0v) is 12.0. The molecule has 0 heterocycles. The molecular formula is C18H18O3. The topological polar surface area (TPSA) is 43.4 Å². The van der Waals surface area contributed by atoms with Crippen molar-refractivity contribution in [1.82, 2.24) is 0 Å². The number of aldehydes is 1. The van der Waals surface area contributed by atoms with E-state index in [1.165, 1.54) is 5.56 Å². The third kappa shape index (κ3) is 4.28. The van der Waals surface area contributed by atoms with Gasteiger partial charge >= 0.3 is 5.97 Å². The van der Waals surface area contributed by atoms with E-state index in [1.807, 2.05) is 12.1 Å². The average molecular weight is 282 g/mol. The lowest BCUT2D eigenvalue weighted by atomic mass is 10.1. The molecule has 108 valence electrons. The standard InChI is InChI=1S/C18H18O3/c1-2-3-4-14-5-9-16(10-6-14)18(20)21-17-11-7-15(13-19)8-12-17/h5-13H,2-4H2,1H3. The van der Waals surface area contributed by atoms with E-state index in [-0.39, 0.29) is 0 Å². The van der Waals surface area contributed by atoms with Gasteiger partial charge in [-0.3, -0.25) is 4.79 Å². The molecule has 2 aromatic rings. The molecule has 0 atom stereocenters. The minimum atomic E-state index is -0.393. The molecule has 0 aromatic heterocycles. The van der Waals surface area contributed by atoms with Crippen LogP contribution in [0.15, 0.2) is 48.5 Å². The van der Waals surface area contributed by atoms with E-state index in [0.717, 1.165) is 25.5 Å². The molecule has 2 rings (SSSR count). The Morgan fingerprint density at radius 1 is 1.05 bits per heavy atom. The van der Waals surface area contributed by atoms with Crippen molar-refractivity contribution in [3.05, 3.63) is 65.2 Å². The lowest BCUT2D eigenvalue weighted by molar-refractivity contribution is 0.0734. The Kier molecular flexibility index (Phi) is 5.27. The van der Waals surface area contributed by atoms with Gasteiger partial charge in [0.1, 0.15) is 12.0 Å². The quantitative estimate of drug-likeness (QED) is 0.456. The Bertz CT molecular complexity index is 597. The maximum atomic E-state index is 12.0. The molecule has 0 saturated carbocycles. The van der Waals surface area contributed by atoms with Crippen molar-refractivity contribution in [2.75, 3.05) is 0 Å². The second-order valence-electron chi connectivity index (χ2n) is 4.88. The van der Waals surface area contributed by atoms with E-state index in [4.69, 9.17) is 4.74 Å². The molecule has 0 fully saturated rings. The molecule has 0 aliphatic heterocycles. The molecule has 3 nitrogen and oxygen atoms in total. The van der Waals surface area contributed by atoms with Gasteiger partial charge in [-0.1, -0.05) is 25.5 Å². The van der Waals surface area contributed by atoms with Gasteiger partial charge in [-0.15, -0.1) is 0 Å². The van der Waals surface area contributed by atoms with Crippen LogP contribution in [0.25, 0.3) is 0 Å². The Labute approximate surface area is 124 Å². The zero-order valence-electron chi connectivity index (χ0n) is 12.0. The predicted octanol–water partition coefficient (Wildman–Crippen LogP) is 4.06. The zero-order chi connectivity index (χ0) is 15.1. The van der Waals surface area contributed by atoms with Gasteiger partial charge in [-0.25, -0.2) is 4.79 Å². The maximum Gasteiger partial charge on any atom is 0.343 e. The van der Waals surface area contributed by atoms with Crippen LogP contribution in [0.3, 0.4) is 0 Å². The highest BCUT2D eigenvalue weighted by molar-refractivity contribution is 5.91. The van der Waals surface area contributed by atoms with Crippen LogP contribution in [0.5, 0.6) is 5.75 Å². The van der Waals surface area contributed by atoms with E-state index >= 15 is 0 Å². The highest BCUT2D eigenvalue weighted by Crippen LogP contribution is 2.14. The third-order valence-corrected chi connectivity index (χ3v) is 3.24. The third-order valence-electron chi connectivity index (χ3n) is 3.24. The highest BCUT2D eigenvalue weighted by Gasteiger charge is 2.08. The molecule has 0 aliphatic carbocycles. The Balaban J connectivity index is 2.00. The van der Waals surface area contributed by atoms with Crippen LogP contribution in [0, 0.1) is 0 Å². The summed E-state index contributed by atoms with van der Waals surface area (Å²) >= 11 is 0. The second-order valence-corrected chi connectivity index (χ2v) is 4.88. The first-order valence-corrected chi connectivity index (χ1v) is 7.09. The van der Waals surface area contributed by atoms with Crippen molar-refractivity contribution >= 4 is 12.3 Å². The number of hydrogen-bond acceptors (Lipinski definition) is 3.